The van der Waals surface area contributed by atoms with Gasteiger partial charge in [0.1, 0.15) is 5.82 Å². The number of fused-ring (bicyclic) bond motifs is 3. The average Bonchev–Trinajstić information content (AvgIpc) is 2.65. The van der Waals surface area contributed by atoms with E-state index in [4.69, 9.17) is 4.74 Å². The number of nitrogens with one attached hydrogen (secondary N) is 1. The fraction of sp³-hybridized carbons (Fsp3) is 0.400. The van der Waals surface area contributed by atoms with Crippen LogP contribution < -0.4 is 5.32 Å². The highest BCUT2D eigenvalue weighted by molar-refractivity contribution is 5.58. The summed E-state index contributed by atoms with van der Waals surface area (Å²) in [5.41, 5.74) is 0.958. The molecule has 1 saturated heterocycles. The van der Waals surface area contributed by atoms with E-state index in [1.807, 2.05) is 0 Å². The van der Waals surface area contributed by atoms with Gasteiger partial charge >= 0.3 is 6.18 Å². The zero-order valence-electron chi connectivity index (χ0n) is 14.3. The Labute approximate surface area is 154 Å². The molecule has 0 bridgehead atoms. The molecule has 0 radical (unpaired) electrons. The maximum absolute atomic E-state index is 13.7. The topological polar surface area (TPSA) is 41.5 Å². The average molecular weight is 381 g/mol. The van der Waals surface area contributed by atoms with Gasteiger partial charge in [-0.3, -0.25) is 0 Å². The Bertz CT molecular complexity index is 839. The number of anilines is 1. The molecular weight excluding hydrogens is 362 g/mol. The number of aliphatic hydroxyl groups excluding tert-OH is 1. The van der Waals surface area contributed by atoms with E-state index in [9.17, 15) is 22.7 Å². The summed E-state index contributed by atoms with van der Waals surface area (Å²) in [6.45, 7) is -0.185. The summed E-state index contributed by atoms with van der Waals surface area (Å²) < 4.78 is 59.2. The number of rotatable bonds is 2. The molecule has 2 N–H and O–H groups in total. The van der Waals surface area contributed by atoms with Gasteiger partial charge in [-0.1, -0.05) is 12.1 Å². The van der Waals surface area contributed by atoms with Gasteiger partial charge in [0.15, 0.2) is 0 Å². The molecule has 144 valence electrons. The number of hydrogen-bond acceptors (Lipinski definition) is 3. The zero-order valence-corrected chi connectivity index (χ0v) is 14.3. The molecule has 2 aromatic carbocycles. The van der Waals surface area contributed by atoms with Crippen LogP contribution in [-0.4, -0.2) is 17.8 Å². The molecular formula is C20H19F4NO2. The Kier molecular flexibility index (Phi) is 4.60. The molecule has 2 aliphatic rings. The van der Waals surface area contributed by atoms with Crippen LogP contribution in [0.4, 0.5) is 23.2 Å². The largest absolute Gasteiger partial charge is 0.416 e. The smallest absolute Gasteiger partial charge is 0.394 e. The molecule has 0 unspecified atom stereocenters. The van der Waals surface area contributed by atoms with Crippen molar-refractivity contribution in [2.75, 3.05) is 11.9 Å². The lowest BCUT2D eigenvalue weighted by Crippen LogP contribution is -2.40. The maximum atomic E-state index is 13.7. The Morgan fingerprint density at radius 1 is 1.11 bits per heavy atom. The first kappa shape index (κ1) is 18.3. The van der Waals surface area contributed by atoms with E-state index >= 15 is 0 Å². The molecule has 4 atom stereocenters. The summed E-state index contributed by atoms with van der Waals surface area (Å²) >= 11 is 0. The molecule has 1 fully saturated rings. The normalized spacial score (nSPS) is 27.4. The first-order chi connectivity index (χ1) is 12.9. The van der Waals surface area contributed by atoms with Gasteiger partial charge in [0.05, 0.1) is 30.4 Å². The van der Waals surface area contributed by atoms with Crippen molar-refractivity contribution in [3.05, 3.63) is 65.0 Å². The minimum absolute atomic E-state index is 0.161. The third-order valence-electron chi connectivity index (χ3n) is 5.39. The van der Waals surface area contributed by atoms with Gasteiger partial charge in [-0.25, -0.2) is 4.39 Å². The molecule has 3 nitrogen and oxygen atoms in total. The number of ether oxygens (including phenoxy) is 1. The molecule has 2 aliphatic heterocycles. The van der Waals surface area contributed by atoms with E-state index in [0.29, 0.717) is 24.1 Å². The molecule has 2 aromatic rings. The minimum Gasteiger partial charge on any atom is -0.394 e. The zero-order chi connectivity index (χ0) is 19.2. The maximum Gasteiger partial charge on any atom is 0.416 e. The van der Waals surface area contributed by atoms with Crippen LogP contribution in [0.5, 0.6) is 0 Å². The van der Waals surface area contributed by atoms with Crippen LogP contribution in [0.3, 0.4) is 0 Å². The summed E-state index contributed by atoms with van der Waals surface area (Å²) in [5, 5.41) is 12.7. The Morgan fingerprint density at radius 2 is 1.93 bits per heavy atom. The summed E-state index contributed by atoms with van der Waals surface area (Å²) in [4.78, 5) is 0. The first-order valence-electron chi connectivity index (χ1n) is 8.86. The molecule has 0 aliphatic carbocycles. The van der Waals surface area contributed by atoms with Crippen LogP contribution in [-0.2, 0) is 10.9 Å². The lowest BCUT2D eigenvalue weighted by atomic mass is 9.76. The summed E-state index contributed by atoms with van der Waals surface area (Å²) in [6, 6.07) is 9.45. The van der Waals surface area contributed by atoms with Gasteiger partial charge in [0.25, 0.3) is 0 Å². The van der Waals surface area contributed by atoms with Gasteiger partial charge in [-0.15, -0.1) is 0 Å². The minimum atomic E-state index is -4.45. The lowest BCUT2D eigenvalue weighted by Gasteiger charge is -2.45. The summed E-state index contributed by atoms with van der Waals surface area (Å²) in [6.07, 6.45) is -4.21. The summed E-state index contributed by atoms with van der Waals surface area (Å²) in [7, 11) is 0. The molecule has 0 spiro atoms. The highest BCUT2D eigenvalue weighted by Gasteiger charge is 2.43. The van der Waals surface area contributed by atoms with Crippen molar-refractivity contribution < 1.29 is 27.4 Å². The van der Waals surface area contributed by atoms with Gasteiger partial charge in [-0.05, 0) is 48.7 Å². The van der Waals surface area contributed by atoms with Gasteiger partial charge in [0, 0.05) is 17.2 Å². The molecule has 0 aromatic heterocycles. The molecule has 4 rings (SSSR count). The van der Waals surface area contributed by atoms with Crippen molar-refractivity contribution in [2.45, 2.75) is 37.3 Å². The van der Waals surface area contributed by atoms with E-state index in [1.54, 1.807) is 12.1 Å². The third kappa shape index (κ3) is 3.41. The fourth-order valence-corrected chi connectivity index (χ4v) is 4.10. The third-order valence-corrected chi connectivity index (χ3v) is 5.39. The first-order valence-corrected chi connectivity index (χ1v) is 8.86. The van der Waals surface area contributed by atoms with E-state index in [0.717, 1.165) is 17.7 Å². The van der Waals surface area contributed by atoms with Gasteiger partial charge < -0.3 is 15.2 Å². The second kappa shape index (κ2) is 6.80. The van der Waals surface area contributed by atoms with E-state index in [2.05, 4.69) is 5.32 Å². The standard InChI is InChI=1S/C20H19F4NO2/c21-13-3-1-2-11(8-13)18-15-6-5-14(10-26)27-19(15)16-9-12(20(22,23)24)4-7-17(16)25-18/h1-4,7-9,14-15,18-19,25-26H,5-6,10H2/t14-,15+,18+,19+/m1/s1. The molecule has 27 heavy (non-hydrogen) atoms. The summed E-state index contributed by atoms with van der Waals surface area (Å²) in [5.74, 6) is -0.528. The predicted molar refractivity (Wildman–Crippen MR) is 91.6 cm³/mol. The Hall–Kier alpha value is -2.12. The SMILES string of the molecule is OC[C@H]1CC[C@@H]2[C@H](O1)c1cc(C(F)(F)F)ccc1N[C@H]2c1cccc(F)c1. The van der Waals surface area contributed by atoms with E-state index < -0.39 is 23.9 Å². The second-order valence-electron chi connectivity index (χ2n) is 7.08. The van der Waals surface area contributed by atoms with Crippen molar-refractivity contribution >= 4 is 5.69 Å². The Balaban J connectivity index is 1.78. The van der Waals surface area contributed by atoms with Crippen molar-refractivity contribution in [3.63, 3.8) is 0 Å². The van der Waals surface area contributed by atoms with Crippen molar-refractivity contribution in [1.29, 1.82) is 0 Å². The van der Waals surface area contributed by atoms with Gasteiger partial charge in [0.2, 0.25) is 0 Å². The quantitative estimate of drug-likeness (QED) is 0.732. The number of hydrogen-bond donors (Lipinski definition) is 2. The highest BCUT2D eigenvalue weighted by atomic mass is 19.4. The number of alkyl halides is 3. The molecule has 7 heteroatoms. The number of benzene rings is 2. The lowest BCUT2D eigenvalue weighted by molar-refractivity contribution is -0.138. The van der Waals surface area contributed by atoms with Crippen molar-refractivity contribution in [2.24, 2.45) is 5.92 Å². The predicted octanol–water partition coefficient (Wildman–Crippen LogP) is 4.84. The van der Waals surface area contributed by atoms with Crippen molar-refractivity contribution in [1.82, 2.24) is 0 Å². The van der Waals surface area contributed by atoms with Crippen LogP contribution >= 0.6 is 0 Å². The van der Waals surface area contributed by atoms with Crippen LogP contribution in [0.2, 0.25) is 0 Å². The van der Waals surface area contributed by atoms with Crippen molar-refractivity contribution in [3.8, 4) is 0 Å². The van der Waals surface area contributed by atoms with Crippen LogP contribution in [0.1, 0.15) is 41.7 Å². The van der Waals surface area contributed by atoms with Gasteiger partial charge in [-0.2, -0.15) is 13.2 Å². The molecule has 2 heterocycles. The van der Waals surface area contributed by atoms with E-state index in [-0.39, 0.29) is 24.4 Å². The second-order valence-corrected chi connectivity index (χ2v) is 7.08. The number of aliphatic hydroxyl groups is 1. The van der Waals surface area contributed by atoms with E-state index in [1.165, 1.54) is 18.2 Å². The van der Waals surface area contributed by atoms with Crippen LogP contribution in [0.15, 0.2) is 42.5 Å². The molecule has 0 saturated carbocycles. The monoisotopic (exact) mass is 381 g/mol. The molecule has 0 amide bonds. The Morgan fingerprint density at radius 3 is 2.63 bits per heavy atom. The fourth-order valence-electron chi connectivity index (χ4n) is 4.10. The number of halogens is 4. The van der Waals surface area contributed by atoms with Crippen LogP contribution in [0.25, 0.3) is 0 Å². The highest BCUT2D eigenvalue weighted by Crippen LogP contribution is 2.51. The van der Waals surface area contributed by atoms with Crippen LogP contribution in [0, 0.1) is 11.7 Å².